The van der Waals surface area contributed by atoms with Gasteiger partial charge in [-0.1, -0.05) is 23.7 Å². The molecule has 0 saturated heterocycles. The number of amides is 1. The van der Waals surface area contributed by atoms with Crippen molar-refractivity contribution in [3.63, 3.8) is 0 Å². The minimum Gasteiger partial charge on any atom is -0.396 e. The average molecular weight is 282 g/mol. The van der Waals surface area contributed by atoms with Crippen molar-refractivity contribution in [2.75, 3.05) is 6.61 Å². The van der Waals surface area contributed by atoms with Crippen LogP contribution in [0.1, 0.15) is 37.7 Å². The summed E-state index contributed by atoms with van der Waals surface area (Å²) in [4.78, 5) is 12.0. The number of carbonyl (C=O) groups excluding carboxylic acids is 1. The smallest absolute Gasteiger partial charge is 0.223 e. The third-order valence-corrected chi connectivity index (χ3v) is 3.82. The van der Waals surface area contributed by atoms with E-state index in [1.54, 1.807) is 0 Å². The van der Waals surface area contributed by atoms with Gasteiger partial charge in [0.25, 0.3) is 0 Å². The molecule has 0 bridgehead atoms. The Hall–Kier alpha value is -1.06. The standard InChI is InChI=1S/C15H20ClNO2/c1-10(4-3-7-18)17-15(19)14-9-13(14)11-5-2-6-12(16)8-11/h2,5-6,8,10,13-14,18H,3-4,7,9H2,1H3,(H,17,19). The lowest BCUT2D eigenvalue weighted by Gasteiger charge is -2.13. The summed E-state index contributed by atoms with van der Waals surface area (Å²) in [6.07, 6.45) is 2.44. The number of aliphatic hydroxyl groups excluding tert-OH is 1. The van der Waals surface area contributed by atoms with E-state index in [0.29, 0.717) is 5.92 Å². The van der Waals surface area contributed by atoms with Gasteiger partial charge in [0.2, 0.25) is 5.91 Å². The number of nitrogens with one attached hydrogen (secondary N) is 1. The zero-order chi connectivity index (χ0) is 13.8. The number of halogens is 1. The summed E-state index contributed by atoms with van der Waals surface area (Å²) >= 11 is 5.96. The summed E-state index contributed by atoms with van der Waals surface area (Å²) in [5.74, 6) is 0.509. The van der Waals surface area contributed by atoms with Gasteiger partial charge in [-0.25, -0.2) is 0 Å². The Kier molecular flexibility index (Phi) is 4.83. The lowest BCUT2D eigenvalue weighted by molar-refractivity contribution is -0.123. The molecule has 1 aromatic carbocycles. The number of hydrogen-bond donors (Lipinski definition) is 2. The predicted molar refractivity (Wildman–Crippen MR) is 76.2 cm³/mol. The molecule has 2 N–H and O–H groups in total. The molecule has 0 radical (unpaired) electrons. The number of rotatable bonds is 6. The van der Waals surface area contributed by atoms with E-state index in [9.17, 15) is 4.79 Å². The van der Waals surface area contributed by atoms with Gasteiger partial charge in [-0.05, 0) is 49.8 Å². The topological polar surface area (TPSA) is 49.3 Å². The molecule has 4 heteroatoms. The van der Waals surface area contributed by atoms with Gasteiger partial charge in [-0.15, -0.1) is 0 Å². The summed E-state index contributed by atoms with van der Waals surface area (Å²) in [6.45, 7) is 2.15. The van der Waals surface area contributed by atoms with Crippen LogP contribution in [0.4, 0.5) is 0 Å². The van der Waals surface area contributed by atoms with Crippen molar-refractivity contribution < 1.29 is 9.90 Å². The van der Waals surface area contributed by atoms with Crippen LogP contribution >= 0.6 is 11.6 Å². The van der Waals surface area contributed by atoms with Crippen molar-refractivity contribution in [2.24, 2.45) is 5.92 Å². The molecule has 1 aliphatic carbocycles. The summed E-state index contributed by atoms with van der Waals surface area (Å²) < 4.78 is 0. The molecule has 0 aliphatic heterocycles. The fraction of sp³-hybridized carbons (Fsp3) is 0.533. The molecule has 1 amide bonds. The lowest BCUT2D eigenvalue weighted by Crippen LogP contribution is -2.34. The van der Waals surface area contributed by atoms with Crippen molar-refractivity contribution in [3.8, 4) is 0 Å². The van der Waals surface area contributed by atoms with E-state index in [-0.39, 0.29) is 24.5 Å². The van der Waals surface area contributed by atoms with Crippen molar-refractivity contribution in [2.45, 2.75) is 38.1 Å². The van der Waals surface area contributed by atoms with E-state index >= 15 is 0 Å². The third-order valence-electron chi connectivity index (χ3n) is 3.59. The van der Waals surface area contributed by atoms with Gasteiger partial charge in [0, 0.05) is 23.6 Å². The van der Waals surface area contributed by atoms with Gasteiger partial charge in [-0.3, -0.25) is 4.79 Å². The van der Waals surface area contributed by atoms with E-state index in [1.807, 2.05) is 31.2 Å². The fourth-order valence-corrected chi connectivity index (χ4v) is 2.61. The Morgan fingerprint density at radius 2 is 2.37 bits per heavy atom. The van der Waals surface area contributed by atoms with Gasteiger partial charge in [0.1, 0.15) is 0 Å². The Morgan fingerprint density at radius 3 is 3.05 bits per heavy atom. The summed E-state index contributed by atoms with van der Waals surface area (Å²) in [6, 6.07) is 7.86. The lowest BCUT2D eigenvalue weighted by atomic mass is 10.1. The molecule has 104 valence electrons. The maximum absolute atomic E-state index is 12.0. The zero-order valence-corrected chi connectivity index (χ0v) is 11.9. The second kappa shape index (κ2) is 6.40. The van der Waals surface area contributed by atoms with Gasteiger partial charge >= 0.3 is 0 Å². The molecular weight excluding hydrogens is 262 g/mol. The van der Waals surface area contributed by atoms with Crippen LogP contribution in [0.3, 0.4) is 0 Å². The van der Waals surface area contributed by atoms with Crippen LogP contribution in [0.2, 0.25) is 5.02 Å². The number of hydrogen-bond acceptors (Lipinski definition) is 2. The highest BCUT2D eigenvalue weighted by Gasteiger charge is 2.44. The molecule has 3 unspecified atom stereocenters. The average Bonchev–Trinajstić information content (AvgIpc) is 3.16. The van der Waals surface area contributed by atoms with Gasteiger partial charge in [0.05, 0.1) is 0 Å². The van der Waals surface area contributed by atoms with Crippen LogP contribution in [0.5, 0.6) is 0 Å². The third kappa shape index (κ3) is 3.95. The highest BCUT2D eigenvalue weighted by molar-refractivity contribution is 6.30. The van der Waals surface area contributed by atoms with E-state index in [1.165, 1.54) is 0 Å². The molecular formula is C15H20ClNO2. The number of carbonyl (C=O) groups is 1. The Bertz CT molecular complexity index is 450. The molecule has 0 spiro atoms. The first kappa shape index (κ1) is 14.4. The Balaban J connectivity index is 1.83. The van der Waals surface area contributed by atoms with Crippen LogP contribution in [0, 0.1) is 5.92 Å². The van der Waals surface area contributed by atoms with Crippen LogP contribution < -0.4 is 5.32 Å². The molecule has 19 heavy (non-hydrogen) atoms. The molecule has 3 atom stereocenters. The first-order valence-corrected chi connectivity index (χ1v) is 7.16. The van der Waals surface area contributed by atoms with Gasteiger partial charge in [0.15, 0.2) is 0 Å². The molecule has 1 fully saturated rings. The van der Waals surface area contributed by atoms with Gasteiger partial charge < -0.3 is 10.4 Å². The Labute approximate surface area is 119 Å². The second-order valence-corrected chi connectivity index (χ2v) is 5.72. The largest absolute Gasteiger partial charge is 0.396 e. The minimum absolute atomic E-state index is 0.0787. The van der Waals surface area contributed by atoms with Gasteiger partial charge in [-0.2, -0.15) is 0 Å². The van der Waals surface area contributed by atoms with Crippen LogP contribution in [-0.2, 0) is 4.79 Å². The Morgan fingerprint density at radius 1 is 1.58 bits per heavy atom. The molecule has 1 aliphatic rings. The predicted octanol–water partition coefficient (Wildman–Crippen LogP) is 2.72. The van der Waals surface area contributed by atoms with Crippen LogP contribution in [0.25, 0.3) is 0 Å². The summed E-state index contributed by atoms with van der Waals surface area (Å²) in [7, 11) is 0. The second-order valence-electron chi connectivity index (χ2n) is 5.28. The van der Waals surface area contributed by atoms with E-state index < -0.39 is 0 Å². The van der Waals surface area contributed by atoms with Crippen molar-refractivity contribution in [1.82, 2.24) is 5.32 Å². The number of benzene rings is 1. The molecule has 1 saturated carbocycles. The quantitative estimate of drug-likeness (QED) is 0.842. The molecule has 0 heterocycles. The highest BCUT2D eigenvalue weighted by atomic mass is 35.5. The maximum atomic E-state index is 12.0. The van der Waals surface area contributed by atoms with E-state index in [0.717, 1.165) is 29.8 Å². The first-order chi connectivity index (χ1) is 9.11. The van der Waals surface area contributed by atoms with Crippen molar-refractivity contribution in [3.05, 3.63) is 34.9 Å². The monoisotopic (exact) mass is 281 g/mol. The van der Waals surface area contributed by atoms with Crippen LogP contribution in [-0.4, -0.2) is 23.7 Å². The molecule has 2 rings (SSSR count). The molecule has 1 aromatic rings. The molecule has 0 aromatic heterocycles. The van der Waals surface area contributed by atoms with Crippen molar-refractivity contribution >= 4 is 17.5 Å². The van der Waals surface area contributed by atoms with Crippen molar-refractivity contribution in [1.29, 1.82) is 0 Å². The summed E-state index contributed by atoms with van der Waals surface area (Å²) in [5.41, 5.74) is 1.15. The van der Waals surface area contributed by atoms with E-state index in [4.69, 9.17) is 16.7 Å². The zero-order valence-electron chi connectivity index (χ0n) is 11.1. The SMILES string of the molecule is CC(CCCO)NC(=O)C1CC1c1cccc(Cl)c1. The fourth-order valence-electron chi connectivity index (χ4n) is 2.41. The minimum atomic E-state index is 0.0787. The van der Waals surface area contributed by atoms with Crippen LogP contribution in [0.15, 0.2) is 24.3 Å². The highest BCUT2D eigenvalue weighted by Crippen LogP contribution is 2.47. The normalized spacial score (nSPS) is 22.9. The first-order valence-electron chi connectivity index (χ1n) is 6.78. The number of aliphatic hydroxyl groups is 1. The molecule has 3 nitrogen and oxygen atoms in total. The van der Waals surface area contributed by atoms with E-state index in [2.05, 4.69) is 5.32 Å². The summed E-state index contributed by atoms with van der Waals surface area (Å²) in [5, 5.41) is 12.5. The maximum Gasteiger partial charge on any atom is 0.223 e.